The molecule has 2 rings (SSSR count). The van der Waals surface area contributed by atoms with E-state index in [1.54, 1.807) is 0 Å². The number of nitrogens with zero attached hydrogens (tertiary/aromatic N) is 3. The molecular formula is C15H13F6N3O3S. The van der Waals surface area contributed by atoms with Gasteiger partial charge in [-0.25, -0.2) is 13.1 Å². The molecule has 1 aromatic heterocycles. The van der Waals surface area contributed by atoms with Gasteiger partial charge in [0.15, 0.2) is 0 Å². The molecule has 0 spiro atoms. The highest BCUT2D eigenvalue weighted by Crippen LogP contribution is 2.40. The Labute approximate surface area is 155 Å². The average molecular weight is 429 g/mol. The van der Waals surface area contributed by atoms with Crippen LogP contribution in [-0.2, 0) is 23.2 Å². The van der Waals surface area contributed by atoms with Gasteiger partial charge in [0.1, 0.15) is 10.9 Å². The molecule has 0 aliphatic rings. The Morgan fingerprint density at radius 2 is 1.61 bits per heavy atom. The van der Waals surface area contributed by atoms with Crippen LogP contribution in [-0.4, -0.2) is 35.7 Å². The van der Waals surface area contributed by atoms with Crippen molar-refractivity contribution < 1.29 is 34.8 Å². The van der Waals surface area contributed by atoms with E-state index in [4.69, 9.17) is 0 Å². The molecule has 0 fully saturated rings. The van der Waals surface area contributed by atoms with Gasteiger partial charge >= 0.3 is 12.4 Å². The number of hydrogen-bond donors (Lipinski definition) is 0. The Hall–Kier alpha value is -2.41. The first-order chi connectivity index (χ1) is 12.7. The third-order valence-corrected chi connectivity index (χ3v) is 5.64. The molecule has 0 amide bonds. The normalized spacial score (nSPS) is 14.3. The third kappa shape index (κ3) is 4.35. The summed E-state index contributed by atoms with van der Waals surface area (Å²) < 4.78 is 104. The minimum Gasteiger partial charge on any atom is -0.268 e. The first kappa shape index (κ1) is 21.9. The van der Waals surface area contributed by atoms with E-state index < -0.39 is 50.0 Å². The highest BCUT2D eigenvalue weighted by Gasteiger charge is 2.48. The van der Waals surface area contributed by atoms with E-state index in [0.717, 1.165) is 4.68 Å². The summed E-state index contributed by atoms with van der Waals surface area (Å²) in [6.45, 7) is 0. The van der Waals surface area contributed by atoms with Gasteiger partial charge in [0.2, 0.25) is 10.0 Å². The predicted molar refractivity (Wildman–Crippen MR) is 84.7 cm³/mol. The molecule has 1 atom stereocenters. The summed E-state index contributed by atoms with van der Waals surface area (Å²) >= 11 is 0. The Morgan fingerprint density at radius 1 is 1.07 bits per heavy atom. The van der Waals surface area contributed by atoms with Crippen molar-refractivity contribution >= 4 is 10.0 Å². The molecular weight excluding hydrogens is 416 g/mol. The van der Waals surface area contributed by atoms with Gasteiger partial charge in [0, 0.05) is 20.2 Å². The van der Waals surface area contributed by atoms with Gasteiger partial charge in [-0.15, -0.1) is 0 Å². The molecule has 0 saturated carbocycles. The van der Waals surface area contributed by atoms with Crippen LogP contribution >= 0.6 is 0 Å². The lowest BCUT2D eigenvalue weighted by Gasteiger charge is -2.29. The van der Waals surface area contributed by atoms with Crippen molar-refractivity contribution in [2.75, 3.05) is 7.05 Å². The van der Waals surface area contributed by atoms with Crippen LogP contribution in [0.5, 0.6) is 0 Å². The fourth-order valence-electron chi connectivity index (χ4n) is 2.36. The zero-order valence-electron chi connectivity index (χ0n) is 14.3. The van der Waals surface area contributed by atoms with Crippen molar-refractivity contribution in [3.8, 4) is 0 Å². The molecule has 0 aliphatic carbocycles. The minimum absolute atomic E-state index is 0.0634. The fraction of sp³-hybridized carbons (Fsp3) is 0.333. The number of alkyl halides is 6. The predicted octanol–water partition coefficient (Wildman–Crippen LogP) is 2.72. The van der Waals surface area contributed by atoms with Crippen molar-refractivity contribution in [3.63, 3.8) is 0 Å². The van der Waals surface area contributed by atoms with Gasteiger partial charge in [-0.05, 0) is 17.7 Å². The summed E-state index contributed by atoms with van der Waals surface area (Å²) in [7, 11) is -3.01. The fourth-order valence-corrected chi connectivity index (χ4v) is 3.64. The maximum atomic E-state index is 13.6. The molecule has 28 heavy (non-hydrogen) atoms. The molecule has 1 heterocycles. The van der Waals surface area contributed by atoms with E-state index in [1.165, 1.54) is 7.05 Å². The second kappa shape index (κ2) is 7.20. The van der Waals surface area contributed by atoms with Gasteiger partial charge in [-0.1, -0.05) is 12.1 Å². The molecule has 154 valence electrons. The second-order valence-electron chi connectivity index (χ2n) is 5.74. The van der Waals surface area contributed by atoms with Gasteiger partial charge in [0.05, 0.1) is 11.8 Å². The summed E-state index contributed by atoms with van der Waals surface area (Å²) in [6, 6.07) is -0.226. The van der Waals surface area contributed by atoms with Crippen molar-refractivity contribution in [2.24, 2.45) is 7.05 Å². The van der Waals surface area contributed by atoms with Crippen LogP contribution < -0.4 is 5.56 Å². The molecule has 0 aliphatic heterocycles. The lowest BCUT2D eigenvalue weighted by molar-refractivity contribution is -0.171. The average Bonchev–Trinajstić information content (AvgIpc) is 2.55. The van der Waals surface area contributed by atoms with E-state index in [1.807, 2.05) is 0 Å². The van der Waals surface area contributed by atoms with E-state index in [2.05, 4.69) is 5.10 Å². The van der Waals surface area contributed by atoms with Gasteiger partial charge in [-0.2, -0.15) is 35.7 Å². The summed E-state index contributed by atoms with van der Waals surface area (Å²) in [5.41, 5.74) is -2.77. The molecule has 0 saturated heterocycles. The number of aromatic nitrogens is 2. The highest BCUT2D eigenvalue weighted by molar-refractivity contribution is 7.89. The van der Waals surface area contributed by atoms with Crippen LogP contribution in [0.25, 0.3) is 0 Å². The van der Waals surface area contributed by atoms with Crippen LogP contribution in [0.15, 0.2) is 46.2 Å². The number of rotatable bonds is 4. The van der Waals surface area contributed by atoms with Gasteiger partial charge in [-0.3, -0.25) is 4.79 Å². The molecule has 0 bridgehead atoms. The number of benzene rings is 1. The molecule has 2 aromatic rings. The van der Waals surface area contributed by atoms with Gasteiger partial charge in [0.25, 0.3) is 5.56 Å². The molecule has 1 aromatic carbocycles. The number of hydrogen-bond acceptors (Lipinski definition) is 4. The topological polar surface area (TPSA) is 72.3 Å². The third-order valence-electron chi connectivity index (χ3n) is 3.85. The summed E-state index contributed by atoms with van der Waals surface area (Å²) in [4.78, 5) is 10.8. The second-order valence-corrected chi connectivity index (χ2v) is 7.74. The lowest BCUT2D eigenvalue weighted by Crippen LogP contribution is -2.40. The first-order valence-electron chi connectivity index (χ1n) is 7.41. The number of sulfonamides is 1. The summed E-state index contributed by atoms with van der Waals surface area (Å²) in [6.07, 6.45) is -9.21. The van der Waals surface area contributed by atoms with E-state index in [-0.39, 0.29) is 4.31 Å². The molecule has 0 unspecified atom stereocenters. The molecule has 0 N–H and O–H groups in total. The summed E-state index contributed by atoms with van der Waals surface area (Å²) in [5, 5.41) is 3.45. The van der Waals surface area contributed by atoms with E-state index in [0.29, 0.717) is 43.6 Å². The van der Waals surface area contributed by atoms with Crippen LogP contribution in [0.4, 0.5) is 26.3 Å². The maximum absolute atomic E-state index is 13.6. The number of halogens is 6. The van der Waals surface area contributed by atoms with Crippen LogP contribution in [0.1, 0.15) is 17.2 Å². The Kier molecular flexibility index (Phi) is 5.63. The minimum atomic E-state index is -5.14. The van der Waals surface area contributed by atoms with Crippen molar-refractivity contribution in [3.05, 3.63) is 58.0 Å². The first-order valence-corrected chi connectivity index (χ1v) is 8.85. The zero-order valence-corrected chi connectivity index (χ0v) is 15.1. The monoisotopic (exact) mass is 429 g/mol. The molecule has 6 nitrogen and oxygen atoms in total. The van der Waals surface area contributed by atoms with Crippen LogP contribution in [0.2, 0.25) is 0 Å². The largest absolute Gasteiger partial charge is 0.416 e. The van der Waals surface area contributed by atoms with Crippen LogP contribution in [0, 0.1) is 0 Å². The quantitative estimate of drug-likeness (QED) is 0.701. The van der Waals surface area contributed by atoms with Crippen LogP contribution in [0.3, 0.4) is 0 Å². The smallest absolute Gasteiger partial charge is 0.268 e. The Balaban J connectivity index is 2.53. The van der Waals surface area contributed by atoms with Gasteiger partial charge < -0.3 is 0 Å². The lowest BCUT2D eigenvalue weighted by atomic mass is 10.0. The van der Waals surface area contributed by atoms with Crippen molar-refractivity contribution in [1.82, 2.24) is 14.1 Å². The zero-order chi connectivity index (χ0) is 21.5. The number of aryl methyl sites for hydroxylation is 1. The highest BCUT2D eigenvalue weighted by atomic mass is 32.2. The summed E-state index contributed by atoms with van der Waals surface area (Å²) in [5.74, 6) is 0. The van der Waals surface area contributed by atoms with E-state index >= 15 is 0 Å². The molecule has 0 radical (unpaired) electrons. The SMILES string of the molecule is CN([C@H](c1ccc(C(F)(F)F)cc1)C(F)(F)F)S(=O)(=O)c1cnn(C)c(=O)c1. The Morgan fingerprint density at radius 3 is 2.04 bits per heavy atom. The van der Waals surface area contributed by atoms with Crippen molar-refractivity contribution in [1.29, 1.82) is 0 Å². The van der Waals surface area contributed by atoms with Crippen molar-refractivity contribution in [2.45, 2.75) is 23.3 Å². The van der Waals surface area contributed by atoms with E-state index in [9.17, 15) is 39.6 Å². The maximum Gasteiger partial charge on any atom is 0.416 e. The molecule has 13 heteroatoms. The standard InChI is InChI=1S/C15H13F6N3O3S/c1-23-12(25)7-11(8-22-23)28(26,27)24(2)13(15(19,20)21)9-3-5-10(6-4-9)14(16,17)18/h3-8,13H,1-2H3/t13-/m1/s1. The Bertz CT molecular complexity index is 1010.